The lowest BCUT2D eigenvalue weighted by Gasteiger charge is -2.01. The van der Waals surface area contributed by atoms with Gasteiger partial charge in [-0.05, 0) is 6.42 Å². The first kappa shape index (κ1) is 9.23. The molecule has 0 aromatic carbocycles. The highest BCUT2D eigenvalue weighted by atomic mass is 16.7. The van der Waals surface area contributed by atoms with Crippen molar-refractivity contribution in [2.75, 3.05) is 19.8 Å². The average molecular weight is 148 g/mol. The van der Waals surface area contributed by atoms with E-state index in [1.807, 2.05) is 6.92 Å². The molecule has 0 rings (SSSR count). The number of carbonyl (C=O) groups excluding carboxylic acids is 1. The van der Waals surface area contributed by atoms with Gasteiger partial charge in [-0.3, -0.25) is 0 Å². The highest BCUT2D eigenvalue weighted by Crippen LogP contribution is 1.86. The molecule has 0 aliphatic rings. The molecular weight excluding hydrogens is 136 g/mol. The zero-order valence-electron chi connectivity index (χ0n) is 6.00. The van der Waals surface area contributed by atoms with E-state index in [0.717, 1.165) is 6.42 Å². The van der Waals surface area contributed by atoms with Crippen molar-refractivity contribution in [3.05, 3.63) is 0 Å². The van der Waals surface area contributed by atoms with Gasteiger partial charge in [-0.25, -0.2) is 4.79 Å². The van der Waals surface area contributed by atoms with E-state index in [4.69, 9.17) is 5.11 Å². The van der Waals surface area contributed by atoms with Crippen LogP contribution in [0.3, 0.4) is 0 Å². The van der Waals surface area contributed by atoms with Crippen LogP contribution in [0, 0.1) is 0 Å². The highest BCUT2D eigenvalue weighted by Gasteiger charge is 1.99. The number of ether oxygens (including phenoxy) is 2. The first-order chi connectivity index (χ1) is 4.81. The van der Waals surface area contributed by atoms with Crippen molar-refractivity contribution in [3.8, 4) is 0 Å². The second-order valence-electron chi connectivity index (χ2n) is 1.67. The van der Waals surface area contributed by atoms with Gasteiger partial charge >= 0.3 is 6.16 Å². The third kappa shape index (κ3) is 5.37. The van der Waals surface area contributed by atoms with Gasteiger partial charge in [0.2, 0.25) is 0 Å². The molecule has 0 atom stereocenters. The van der Waals surface area contributed by atoms with E-state index >= 15 is 0 Å². The lowest BCUT2D eigenvalue weighted by Crippen LogP contribution is -2.10. The van der Waals surface area contributed by atoms with Crippen LogP contribution in [-0.2, 0) is 9.47 Å². The molecule has 0 aromatic rings. The standard InChI is InChI=1S/C6H12O4/c1-2-4-9-6(8)10-5-3-7/h7H,2-5H2,1H3. The monoisotopic (exact) mass is 148 g/mol. The second-order valence-corrected chi connectivity index (χ2v) is 1.67. The maximum Gasteiger partial charge on any atom is 0.508 e. The van der Waals surface area contributed by atoms with Gasteiger partial charge in [0.05, 0.1) is 13.2 Å². The molecule has 4 heteroatoms. The van der Waals surface area contributed by atoms with Gasteiger partial charge in [-0.2, -0.15) is 0 Å². The summed E-state index contributed by atoms with van der Waals surface area (Å²) in [5.74, 6) is 0. The zero-order chi connectivity index (χ0) is 7.82. The molecule has 60 valence electrons. The van der Waals surface area contributed by atoms with Gasteiger partial charge in [0.1, 0.15) is 6.61 Å². The number of rotatable bonds is 4. The minimum absolute atomic E-state index is 0.00253. The topological polar surface area (TPSA) is 55.8 Å². The smallest absolute Gasteiger partial charge is 0.434 e. The molecule has 10 heavy (non-hydrogen) atoms. The molecule has 0 saturated carbocycles. The molecule has 0 heterocycles. The molecule has 0 spiro atoms. The Morgan fingerprint density at radius 1 is 1.40 bits per heavy atom. The first-order valence-electron chi connectivity index (χ1n) is 3.21. The Balaban J connectivity index is 3.09. The second kappa shape index (κ2) is 6.35. The van der Waals surface area contributed by atoms with Crippen LogP contribution in [0.2, 0.25) is 0 Å². The fourth-order valence-corrected chi connectivity index (χ4v) is 0.356. The molecule has 4 nitrogen and oxygen atoms in total. The van der Waals surface area contributed by atoms with E-state index in [-0.39, 0.29) is 13.2 Å². The minimum atomic E-state index is -0.712. The summed E-state index contributed by atoms with van der Waals surface area (Å²) in [6.45, 7) is 2.09. The SMILES string of the molecule is CCCOC(=O)OCCO. The lowest BCUT2D eigenvalue weighted by molar-refractivity contribution is 0.0436. The first-order valence-corrected chi connectivity index (χ1v) is 3.21. The van der Waals surface area contributed by atoms with Crippen LogP contribution in [0.1, 0.15) is 13.3 Å². The molecule has 0 saturated heterocycles. The van der Waals surface area contributed by atoms with E-state index in [0.29, 0.717) is 6.61 Å². The average Bonchev–Trinajstić information content (AvgIpc) is 1.97. The minimum Gasteiger partial charge on any atom is -0.434 e. The Bertz CT molecular complexity index is 81.7. The van der Waals surface area contributed by atoms with Crippen LogP contribution < -0.4 is 0 Å². The predicted octanol–water partition coefficient (Wildman–Crippen LogP) is 0.542. The van der Waals surface area contributed by atoms with Crippen molar-refractivity contribution in [2.24, 2.45) is 0 Å². The maximum absolute atomic E-state index is 10.4. The molecule has 0 aliphatic carbocycles. The van der Waals surface area contributed by atoms with Crippen molar-refractivity contribution >= 4 is 6.16 Å². The molecule has 0 aliphatic heterocycles. The van der Waals surface area contributed by atoms with Crippen molar-refractivity contribution in [1.29, 1.82) is 0 Å². The predicted molar refractivity (Wildman–Crippen MR) is 34.7 cm³/mol. The molecule has 1 N–H and O–H groups in total. The molecule has 0 bridgehead atoms. The molecule has 0 fully saturated rings. The number of hydrogen-bond donors (Lipinski definition) is 1. The van der Waals surface area contributed by atoms with E-state index < -0.39 is 6.16 Å². The molecule has 0 radical (unpaired) electrons. The summed E-state index contributed by atoms with van der Waals surface area (Å²) in [5, 5.41) is 8.21. The van der Waals surface area contributed by atoms with Crippen LogP contribution >= 0.6 is 0 Å². The van der Waals surface area contributed by atoms with Gasteiger partial charge in [0.25, 0.3) is 0 Å². The summed E-state index contributed by atoms with van der Waals surface area (Å²) in [7, 11) is 0. The van der Waals surface area contributed by atoms with E-state index in [1.165, 1.54) is 0 Å². The number of hydrogen-bond acceptors (Lipinski definition) is 4. The fourth-order valence-electron chi connectivity index (χ4n) is 0.356. The van der Waals surface area contributed by atoms with Gasteiger partial charge in [-0.15, -0.1) is 0 Å². The molecule has 0 amide bonds. The van der Waals surface area contributed by atoms with E-state index in [1.54, 1.807) is 0 Å². The summed E-state index contributed by atoms with van der Waals surface area (Å²) >= 11 is 0. The summed E-state index contributed by atoms with van der Waals surface area (Å²) < 4.78 is 8.90. The Morgan fingerprint density at radius 3 is 2.50 bits per heavy atom. The van der Waals surface area contributed by atoms with E-state index in [9.17, 15) is 4.79 Å². The Hall–Kier alpha value is -0.770. The van der Waals surface area contributed by atoms with Crippen LogP contribution in [0.4, 0.5) is 4.79 Å². The van der Waals surface area contributed by atoms with Crippen molar-refractivity contribution in [1.82, 2.24) is 0 Å². The molecule has 0 unspecified atom stereocenters. The van der Waals surface area contributed by atoms with Gasteiger partial charge in [-0.1, -0.05) is 6.92 Å². The highest BCUT2D eigenvalue weighted by molar-refractivity contribution is 5.59. The zero-order valence-corrected chi connectivity index (χ0v) is 6.00. The number of aliphatic hydroxyl groups is 1. The summed E-state index contributed by atoms with van der Waals surface area (Å²) in [4.78, 5) is 10.4. The molecule has 0 aromatic heterocycles. The van der Waals surface area contributed by atoms with Crippen molar-refractivity contribution in [2.45, 2.75) is 13.3 Å². The Labute approximate surface area is 59.7 Å². The van der Waals surface area contributed by atoms with Crippen LogP contribution in [0.25, 0.3) is 0 Å². The van der Waals surface area contributed by atoms with Crippen molar-refractivity contribution in [3.63, 3.8) is 0 Å². The number of aliphatic hydroxyl groups excluding tert-OH is 1. The van der Waals surface area contributed by atoms with E-state index in [2.05, 4.69) is 9.47 Å². The third-order valence-electron chi connectivity index (χ3n) is 0.735. The number of carbonyl (C=O) groups is 1. The summed E-state index contributed by atoms with van der Waals surface area (Å²) in [5.41, 5.74) is 0. The largest absolute Gasteiger partial charge is 0.508 e. The normalized spacial score (nSPS) is 9.00. The van der Waals surface area contributed by atoms with Crippen LogP contribution in [0.15, 0.2) is 0 Å². The van der Waals surface area contributed by atoms with Crippen LogP contribution in [-0.4, -0.2) is 31.1 Å². The maximum atomic E-state index is 10.4. The summed E-state index contributed by atoms with van der Waals surface area (Å²) in [6, 6.07) is 0. The van der Waals surface area contributed by atoms with Gasteiger partial charge in [0.15, 0.2) is 0 Å². The van der Waals surface area contributed by atoms with Gasteiger partial charge < -0.3 is 14.6 Å². The fraction of sp³-hybridized carbons (Fsp3) is 0.833. The lowest BCUT2D eigenvalue weighted by atomic mass is 10.5. The van der Waals surface area contributed by atoms with Gasteiger partial charge in [0, 0.05) is 0 Å². The van der Waals surface area contributed by atoms with Crippen molar-refractivity contribution < 1.29 is 19.4 Å². The third-order valence-corrected chi connectivity index (χ3v) is 0.735. The quantitative estimate of drug-likeness (QED) is 0.591. The Kier molecular flexibility index (Phi) is 5.86. The summed E-state index contributed by atoms with van der Waals surface area (Å²) in [6.07, 6.45) is 0.0599. The Morgan fingerprint density at radius 2 is 2.00 bits per heavy atom. The van der Waals surface area contributed by atoms with Crippen LogP contribution in [0.5, 0.6) is 0 Å². The molecular formula is C6H12O4.